The molecule has 4 aliphatic heterocycles. The summed E-state index contributed by atoms with van der Waals surface area (Å²) in [6.07, 6.45) is 0.988. The Bertz CT molecular complexity index is 1720. The molecule has 0 aromatic rings. The molecule has 6 N–H and O–H groups in total. The molecule has 7 amide bonds. The number of aliphatic hydroxyl groups is 2. The van der Waals surface area contributed by atoms with E-state index in [9.17, 15) is 48.6 Å². The van der Waals surface area contributed by atoms with Gasteiger partial charge in [-0.25, -0.2) is 4.79 Å². The first kappa shape index (κ1) is 48.1. The topological polar surface area (TPSA) is 256 Å². The second-order valence-corrected chi connectivity index (χ2v) is 17.7. The molecular formula is C40H62N8O11S. The number of carbonyl (C=O) groups is 8. The van der Waals surface area contributed by atoms with Gasteiger partial charge in [-0.3, -0.25) is 38.6 Å². The van der Waals surface area contributed by atoms with Gasteiger partial charge in [0, 0.05) is 25.9 Å². The van der Waals surface area contributed by atoms with E-state index in [1.54, 1.807) is 25.7 Å². The van der Waals surface area contributed by atoms with Gasteiger partial charge in [0.15, 0.2) is 6.10 Å². The van der Waals surface area contributed by atoms with E-state index in [1.165, 1.54) is 43.6 Å². The van der Waals surface area contributed by atoms with Crippen LogP contribution in [0, 0.1) is 11.8 Å². The van der Waals surface area contributed by atoms with Crippen molar-refractivity contribution >= 4 is 64.1 Å². The molecule has 4 aliphatic rings. The lowest BCUT2D eigenvalue weighted by atomic mass is 9.99. The number of amides is 7. The van der Waals surface area contributed by atoms with Gasteiger partial charge in [-0.2, -0.15) is 0 Å². The summed E-state index contributed by atoms with van der Waals surface area (Å²) in [5, 5.41) is 32.4. The molecule has 2 saturated heterocycles. The predicted octanol–water partition coefficient (Wildman–Crippen LogP) is -0.806. The smallest absolute Gasteiger partial charge is 0.329 e. The van der Waals surface area contributed by atoms with E-state index in [-0.39, 0.29) is 42.7 Å². The number of likely N-dealkylation sites (N-methyl/N-ethyl adjacent to an activating group) is 1. The second-order valence-electron chi connectivity index (χ2n) is 16.6. The van der Waals surface area contributed by atoms with Crippen LogP contribution in [0.4, 0.5) is 0 Å². The average Bonchev–Trinajstić information content (AvgIpc) is 3.90. The van der Waals surface area contributed by atoms with Crippen LogP contribution in [0.25, 0.3) is 0 Å². The first-order valence-electron chi connectivity index (χ1n) is 20.8. The summed E-state index contributed by atoms with van der Waals surface area (Å²) < 4.78 is 5.29. The van der Waals surface area contributed by atoms with Gasteiger partial charge in [0.05, 0.1) is 17.2 Å². The number of thioether (sulfide) groups is 1. The molecule has 0 unspecified atom stereocenters. The van der Waals surface area contributed by atoms with E-state index in [0.717, 1.165) is 4.90 Å². The molecule has 19 nitrogen and oxygen atoms in total. The minimum atomic E-state index is -1.91. The van der Waals surface area contributed by atoms with Crippen molar-refractivity contribution in [1.29, 1.82) is 0 Å². The fourth-order valence-electron chi connectivity index (χ4n) is 7.82. The fourth-order valence-corrected chi connectivity index (χ4v) is 9.02. The molecule has 334 valence electrons. The van der Waals surface area contributed by atoms with Crippen LogP contribution in [0.3, 0.4) is 0 Å². The average molecular weight is 863 g/mol. The second kappa shape index (κ2) is 21.3. The van der Waals surface area contributed by atoms with Gasteiger partial charge in [-0.1, -0.05) is 33.8 Å². The van der Waals surface area contributed by atoms with Gasteiger partial charge in [-0.05, 0) is 71.1 Å². The van der Waals surface area contributed by atoms with Gasteiger partial charge in [0.25, 0.3) is 11.8 Å². The molecule has 0 spiro atoms. The quantitative estimate of drug-likeness (QED) is 0.150. The number of ether oxygens (including phenoxy) is 1. The summed E-state index contributed by atoms with van der Waals surface area (Å²) in [4.78, 5) is 118. The van der Waals surface area contributed by atoms with E-state index < -0.39 is 108 Å². The maximum absolute atomic E-state index is 14.1. The van der Waals surface area contributed by atoms with E-state index in [1.807, 2.05) is 13.8 Å². The van der Waals surface area contributed by atoms with Gasteiger partial charge < -0.3 is 50.9 Å². The van der Waals surface area contributed by atoms with E-state index in [2.05, 4.69) is 21.3 Å². The third kappa shape index (κ3) is 11.6. The number of fused-ring (bicyclic) bond motifs is 4. The number of allylic oxidation sites excluding steroid dienone is 1. The Morgan fingerprint density at radius 2 is 1.52 bits per heavy atom. The number of rotatable bonds is 4. The number of hydrogen-bond acceptors (Lipinski definition) is 13. The number of nitrogens with one attached hydrogen (secondary N) is 4. The summed E-state index contributed by atoms with van der Waals surface area (Å²) >= 11 is 1.34. The van der Waals surface area contributed by atoms with Crippen molar-refractivity contribution in [2.75, 3.05) is 32.5 Å². The van der Waals surface area contributed by atoms with Crippen molar-refractivity contribution in [3.05, 3.63) is 11.8 Å². The van der Waals surface area contributed by atoms with Crippen molar-refractivity contribution < 1.29 is 53.3 Å². The lowest BCUT2D eigenvalue weighted by Gasteiger charge is -2.37. The van der Waals surface area contributed by atoms with Gasteiger partial charge >= 0.3 is 5.97 Å². The lowest BCUT2D eigenvalue weighted by molar-refractivity contribution is -0.161. The minimum absolute atomic E-state index is 0.0120. The van der Waals surface area contributed by atoms with Crippen molar-refractivity contribution in [3.63, 3.8) is 0 Å². The molecule has 0 saturated carbocycles. The summed E-state index contributed by atoms with van der Waals surface area (Å²) in [6.45, 7) is 11.0. The number of nitrogens with zero attached hydrogens (tertiary/aromatic N) is 4. The molecule has 4 heterocycles. The molecule has 2 bridgehead atoms. The van der Waals surface area contributed by atoms with Crippen LogP contribution in [0.1, 0.15) is 87.0 Å². The lowest BCUT2D eigenvalue weighted by Crippen LogP contribution is -2.61. The summed E-state index contributed by atoms with van der Waals surface area (Å²) in [7, 11) is 1.28. The molecule has 20 heteroatoms. The van der Waals surface area contributed by atoms with Crippen molar-refractivity contribution in [1.82, 2.24) is 36.0 Å². The van der Waals surface area contributed by atoms with Gasteiger partial charge in [0.2, 0.25) is 29.5 Å². The molecule has 0 radical (unpaired) electrons. The highest BCUT2D eigenvalue weighted by molar-refractivity contribution is 8.14. The SMILES string of the molecule is C/C=C1/NC(=O)[C@@H]2CSC(=N2)[C@@H]2CCCN2C(=O)[C@@H](CC(C)C)NC(=O)[C@H](C)NC(=O)[C@@H](O)COC(=O)[C@H](C(C)C)N(C)C(=O)[C@H]([C@@H](C)O)NC(=O)[C@@H]2CCCCN2C1=O. The fraction of sp³-hybridized carbons (Fsp3) is 0.725. The predicted molar refractivity (Wildman–Crippen MR) is 221 cm³/mol. The zero-order valence-electron chi connectivity index (χ0n) is 35.8. The Morgan fingerprint density at radius 1 is 0.850 bits per heavy atom. The van der Waals surface area contributed by atoms with Crippen LogP contribution >= 0.6 is 11.8 Å². The highest BCUT2D eigenvalue weighted by Crippen LogP contribution is 2.30. The Balaban J connectivity index is 1.68. The van der Waals surface area contributed by atoms with E-state index >= 15 is 0 Å². The number of piperidine rings is 1. The maximum Gasteiger partial charge on any atom is 0.329 e. The standard InChI is InChI=1S/C40H62N8O11S/c1-9-24-37(55)47-15-11-10-13-27(47)34(53)45-30(23(7)49)39(57)46(8)31(21(4)5)40(58)59-18-29(50)35(54)41-22(6)32(51)43-25(17-20(2)3)38(56)48-16-12-14-28(48)36-44-26(19-60-36)33(52)42-24/h9,20-23,25-31,49-50H,10-19H2,1-8H3,(H,41,54)(H,42,52)(H,43,51)(H,45,53)/b24-9+/t22-,23+,25+,26-,27-,28-,29-,30-,31-/m0/s1. The number of aliphatic hydroxyl groups excluding tert-OH is 2. The minimum Gasteiger partial charge on any atom is -0.461 e. The molecule has 2 fully saturated rings. The van der Waals surface area contributed by atoms with Crippen molar-refractivity contribution in [2.24, 2.45) is 16.8 Å². The highest BCUT2D eigenvalue weighted by atomic mass is 32.2. The van der Waals surface area contributed by atoms with E-state index in [4.69, 9.17) is 9.73 Å². The van der Waals surface area contributed by atoms with Crippen molar-refractivity contribution in [3.8, 4) is 0 Å². The number of carbonyl (C=O) groups excluding carboxylic acids is 8. The third-order valence-electron chi connectivity index (χ3n) is 11.1. The number of esters is 1. The van der Waals surface area contributed by atoms with Crippen LogP contribution in [0.2, 0.25) is 0 Å². The Hall–Kier alpha value is -4.56. The molecule has 0 aromatic heterocycles. The van der Waals surface area contributed by atoms with Crippen molar-refractivity contribution in [2.45, 2.75) is 141 Å². The van der Waals surface area contributed by atoms with Crippen LogP contribution in [0.15, 0.2) is 16.8 Å². The highest BCUT2D eigenvalue weighted by Gasteiger charge is 2.43. The van der Waals surface area contributed by atoms with Crippen LogP contribution in [0.5, 0.6) is 0 Å². The Kier molecular flexibility index (Phi) is 17.1. The molecule has 0 aromatic carbocycles. The monoisotopic (exact) mass is 862 g/mol. The van der Waals surface area contributed by atoms with Crippen LogP contribution in [-0.4, -0.2) is 164 Å². The first-order chi connectivity index (χ1) is 28.3. The normalized spacial score (nSPS) is 31.4. The Morgan fingerprint density at radius 3 is 2.15 bits per heavy atom. The van der Waals surface area contributed by atoms with Gasteiger partial charge in [0.1, 0.15) is 48.6 Å². The molecular weight excluding hydrogens is 801 g/mol. The summed E-state index contributed by atoms with van der Waals surface area (Å²) in [5.41, 5.74) is -0.0665. The first-order valence-corrected chi connectivity index (χ1v) is 21.7. The number of aliphatic imine (C=N–C) groups is 1. The molecule has 0 aliphatic carbocycles. The summed E-state index contributed by atoms with van der Waals surface area (Å²) in [6, 6.07) is -7.42. The van der Waals surface area contributed by atoms with Gasteiger partial charge in [-0.15, -0.1) is 11.8 Å². The zero-order chi connectivity index (χ0) is 44.6. The van der Waals surface area contributed by atoms with Crippen LogP contribution in [-0.2, 0) is 43.1 Å². The van der Waals surface area contributed by atoms with E-state index in [0.29, 0.717) is 37.3 Å². The Labute approximate surface area is 355 Å². The number of hydrogen-bond donors (Lipinski definition) is 6. The molecule has 4 rings (SSSR count). The third-order valence-corrected chi connectivity index (χ3v) is 12.2. The maximum atomic E-state index is 14.1. The largest absolute Gasteiger partial charge is 0.461 e. The van der Waals surface area contributed by atoms with Crippen LogP contribution < -0.4 is 21.3 Å². The molecule has 60 heavy (non-hydrogen) atoms. The summed E-state index contributed by atoms with van der Waals surface area (Å²) in [5.74, 6) is -6.13. The molecule has 9 atom stereocenters. The zero-order valence-corrected chi connectivity index (χ0v) is 36.6. The number of cyclic esters (lactones) is 1.